The van der Waals surface area contributed by atoms with E-state index >= 15 is 0 Å². The van der Waals surface area contributed by atoms with Crippen molar-refractivity contribution in [1.29, 1.82) is 0 Å². The molecular formula is C11H15NO2. The van der Waals surface area contributed by atoms with Gasteiger partial charge in [-0.2, -0.15) is 0 Å². The van der Waals surface area contributed by atoms with Crippen LogP contribution in [0, 0.1) is 0 Å². The van der Waals surface area contributed by atoms with E-state index in [-0.39, 0.29) is 5.41 Å². The molecule has 14 heavy (non-hydrogen) atoms. The molecule has 0 bridgehead atoms. The normalized spacial score (nSPS) is 20.0. The first kappa shape index (κ1) is 9.46. The lowest BCUT2D eigenvalue weighted by Gasteiger charge is -2.15. The number of fused-ring (bicyclic) bond motifs is 1. The molecule has 1 N–H and O–H groups in total. The average molecular weight is 193 g/mol. The van der Waals surface area contributed by atoms with Crippen LogP contribution in [-0.4, -0.2) is 16.7 Å². The Morgan fingerprint density at radius 2 is 2.21 bits per heavy atom. The Kier molecular flexibility index (Phi) is 2.00. The molecule has 2 rings (SSSR count). The van der Waals surface area contributed by atoms with Crippen LogP contribution in [0.3, 0.4) is 0 Å². The first-order valence-electron chi connectivity index (χ1n) is 4.83. The summed E-state index contributed by atoms with van der Waals surface area (Å²) in [5.74, 6) is 0.847. The van der Waals surface area contributed by atoms with Crippen molar-refractivity contribution >= 4 is 0 Å². The standard InChI is InChI=1S/C11H15NO2/c1-7(13)8-4-5-9-10(12-8)11(2,3)6-14-9/h4-5,7,13H,6H2,1-3H3. The highest BCUT2D eigenvalue weighted by molar-refractivity contribution is 5.38. The van der Waals surface area contributed by atoms with Crippen LogP contribution in [0.15, 0.2) is 12.1 Å². The molecule has 1 aromatic rings. The monoisotopic (exact) mass is 193 g/mol. The van der Waals surface area contributed by atoms with Crippen molar-refractivity contribution in [1.82, 2.24) is 4.98 Å². The Balaban J connectivity index is 2.48. The van der Waals surface area contributed by atoms with Gasteiger partial charge in [-0.25, -0.2) is 0 Å². The molecule has 3 nitrogen and oxygen atoms in total. The van der Waals surface area contributed by atoms with Gasteiger partial charge in [-0.05, 0) is 19.1 Å². The summed E-state index contributed by atoms with van der Waals surface area (Å²) in [5, 5.41) is 9.42. The summed E-state index contributed by atoms with van der Waals surface area (Å²) in [5.41, 5.74) is 1.62. The molecule has 3 heteroatoms. The molecule has 0 aliphatic carbocycles. The number of aliphatic hydroxyl groups excluding tert-OH is 1. The van der Waals surface area contributed by atoms with Crippen molar-refractivity contribution < 1.29 is 9.84 Å². The summed E-state index contributed by atoms with van der Waals surface area (Å²) in [6, 6.07) is 3.70. The molecule has 1 aliphatic rings. The molecule has 0 fully saturated rings. The van der Waals surface area contributed by atoms with Crippen molar-refractivity contribution in [3.05, 3.63) is 23.5 Å². The van der Waals surface area contributed by atoms with Crippen molar-refractivity contribution in [3.63, 3.8) is 0 Å². The highest BCUT2D eigenvalue weighted by Crippen LogP contribution is 2.37. The molecule has 0 radical (unpaired) electrons. The highest BCUT2D eigenvalue weighted by atomic mass is 16.5. The minimum absolute atomic E-state index is 0.0414. The molecule has 76 valence electrons. The van der Waals surface area contributed by atoms with Crippen LogP contribution in [0.2, 0.25) is 0 Å². The second kappa shape index (κ2) is 2.95. The van der Waals surface area contributed by atoms with Gasteiger partial charge in [-0.1, -0.05) is 13.8 Å². The van der Waals surface area contributed by atoms with Crippen LogP contribution in [0.25, 0.3) is 0 Å². The molecule has 0 aromatic carbocycles. The fourth-order valence-corrected chi connectivity index (χ4v) is 1.62. The number of nitrogens with zero attached hydrogens (tertiary/aromatic N) is 1. The van der Waals surface area contributed by atoms with Gasteiger partial charge in [-0.3, -0.25) is 4.98 Å². The van der Waals surface area contributed by atoms with Crippen molar-refractivity contribution in [2.45, 2.75) is 32.3 Å². The molecular weight excluding hydrogens is 178 g/mol. The van der Waals surface area contributed by atoms with E-state index in [1.54, 1.807) is 6.92 Å². The Morgan fingerprint density at radius 3 is 2.86 bits per heavy atom. The van der Waals surface area contributed by atoms with Crippen molar-refractivity contribution in [2.24, 2.45) is 0 Å². The maximum absolute atomic E-state index is 9.42. The zero-order valence-corrected chi connectivity index (χ0v) is 8.74. The minimum atomic E-state index is -0.517. The van der Waals surface area contributed by atoms with Gasteiger partial charge in [0.2, 0.25) is 0 Å². The number of rotatable bonds is 1. The summed E-state index contributed by atoms with van der Waals surface area (Å²) < 4.78 is 5.50. The summed E-state index contributed by atoms with van der Waals surface area (Å²) in [7, 11) is 0. The third-order valence-corrected chi connectivity index (χ3v) is 2.54. The Morgan fingerprint density at radius 1 is 1.50 bits per heavy atom. The first-order valence-corrected chi connectivity index (χ1v) is 4.83. The Labute approximate surface area is 83.7 Å². The molecule has 0 saturated heterocycles. The molecule has 0 spiro atoms. The summed E-state index contributed by atoms with van der Waals surface area (Å²) in [6.45, 7) is 6.57. The maximum Gasteiger partial charge on any atom is 0.141 e. The van der Waals surface area contributed by atoms with E-state index in [9.17, 15) is 5.11 Å². The molecule has 0 saturated carbocycles. The predicted molar refractivity (Wildman–Crippen MR) is 53.4 cm³/mol. The zero-order chi connectivity index (χ0) is 10.3. The first-order chi connectivity index (χ1) is 6.50. The van der Waals surface area contributed by atoms with E-state index in [0.29, 0.717) is 12.3 Å². The van der Waals surface area contributed by atoms with Crippen LogP contribution in [-0.2, 0) is 5.41 Å². The fourth-order valence-electron chi connectivity index (χ4n) is 1.62. The Hall–Kier alpha value is -1.09. The van der Waals surface area contributed by atoms with E-state index < -0.39 is 6.10 Å². The van der Waals surface area contributed by atoms with Crippen LogP contribution in [0.4, 0.5) is 0 Å². The smallest absolute Gasteiger partial charge is 0.141 e. The highest BCUT2D eigenvalue weighted by Gasteiger charge is 2.33. The maximum atomic E-state index is 9.42. The largest absolute Gasteiger partial charge is 0.491 e. The minimum Gasteiger partial charge on any atom is -0.491 e. The second-order valence-corrected chi connectivity index (χ2v) is 4.43. The van der Waals surface area contributed by atoms with E-state index in [0.717, 1.165) is 11.4 Å². The number of aliphatic hydroxyl groups is 1. The summed E-state index contributed by atoms with van der Waals surface area (Å²) >= 11 is 0. The summed E-state index contributed by atoms with van der Waals surface area (Å²) in [6.07, 6.45) is -0.517. The van der Waals surface area contributed by atoms with Crippen molar-refractivity contribution in [3.8, 4) is 5.75 Å². The van der Waals surface area contributed by atoms with Gasteiger partial charge < -0.3 is 9.84 Å². The molecule has 1 aromatic heterocycles. The zero-order valence-electron chi connectivity index (χ0n) is 8.74. The van der Waals surface area contributed by atoms with E-state index in [4.69, 9.17) is 4.74 Å². The van der Waals surface area contributed by atoms with Crippen LogP contribution in [0.1, 0.15) is 38.3 Å². The lowest BCUT2D eigenvalue weighted by atomic mass is 9.91. The molecule has 1 atom stereocenters. The van der Waals surface area contributed by atoms with Gasteiger partial charge in [0.25, 0.3) is 0 Å². The van der Waals surface area contributed by atoms with Crippen molar-refractivity contribution in [2.75, 3.05) is 6.61 Å². The fraction of sp³-hybridized carbons (Fsp3) is 0.545. The number of aromatic nitrogens is 1. The Bertz CT molecular complexity index is 358. The van der Waals surface area contributed by atoms with E-state index in [1.807, 2.05) is 12.1 Å². The van der Waals surface area contributed by atoms with E-state index in [2.05, 4.69) is 18.8 Å². The van der Waals surface area contributed by atoms with Gasteiger partial charge >= 0.3 is 0 Å². The molecule has 1 aliphatic heterocycles. The number of hydrogen-bond acceptors (Lipinski definition) is 3. The number of ether oxygens (including phenoxy) is 1. The third kappa shape index (κ3) is 1.38. The predicted octanol–water partition coefficient (Wildman–Crippen LogP) is 1.80. The molecule has 1 unspecified atom stereocenters. The number of pyridine rings is 1. The summed E-state index contributed by atoms with van der Waals surface area (Å²) in [4.78, 5) is 4.43. The van der Waals surface area contributed by atoms with Gasteiger partial charge in [0.1, 0.15) is 5.75 Å². The van der Waals surface area contributed by atoms with Gasteiger partial charge in [0, 0.05) is 5.41 Å². The molecule has 0 amide bonds. The lowest BCUT2D eigenvalue weighted by Crippen LogP contribution is -2.20. The second-order valence-electron chi connectivity index (χ2n) is 4.43. The number of hydrogen-bond donors (Lipinski definition) is 1. The van der Waals surface area contributed by atoms with E-state index in [1.165, 1.54) is 0 Å². The lowest BCUT2D eigenvalue weighted by molar-refractivity contribution is 0.194. The van der Waals surface area contributed by atoms with Gasteiger partial charge in [0.05, 0.1) is 24.1 Å². The quantitative estimate of drug-likeness (QED) is 0.739. The van der Waals surface area contributed by atoms with Crippen LogP contribution < -0.4 is 4.74 Å². The third-order valence-electron chi connectivity index (χ3n) is 2.54. The van der Waals surface area contributed by atoms with Crippen LogP contribution >= 0.6 is 0 Å². The van der Waals surface area contributed by atoms with Gasteiger partial charge in [0.15, 0.2) is 0 Å². The average Bonchev–Trinajstić information content (AvgIpc) is 2.42. The molecule has 2 heterocycles. The van der Waals surface area contributed by atoms with Crippen LogP contribution in [0.5, 0.6) is 5.75 Å². The SMILES string of the molecule is CC(O)c1ccc2c(n1)C(C)(C)CO2. The topological polar surface area (TPSA) is 42.4 Å². The van der Waals surface area contributed by atoms with Gasteiger partial charge in [-0.15, -0.1) is 0 Å².